The maximum atomic E-state index is 12.1. The summed E-state index contributed by atoms with van der Waals surface area (Å²) in [5, 5.41) is 12.9. The van der Waals surface area contributed by atoms with Gasteiger partial charge >= 0.3 is 0 Å². The van der Waals surface area contributed by atoms with E-state index in [4.69, 9.17) is 4.74 Å². The molecular weight excluding hydrogens is 266 g/mol. The molecule has 2 N–H and O–H groups in total. The summed E-state index contributed by atoms with van der Waals surface area (Å²) in [5.74, 6) is 1.14. The van der Waals surface area contributed by atoms with Gasteiger partial charge in [0, 0.05) is 17.9 Å². The molecule has 2 unspecified atom stereocenters. The number of hydrogen-bond acceptors (Lipinski definition) is 3. The molecule has 4 nitrogen and oxygen atoms in total. The molecule has 1 heterocycles. The lowest BCUT2D eigenvalue weighted by molar-refractivity contribution is -0.123. The van der Waals surface area contributed by atoms with Crippen LogP contribution < -0.4 is 10.1 Å². The molecule has 1 aliphatic carbocycles. The SMILES string of the molecule is CC(O)c1ccc2c(c1)C(NC(=O)C1CC1)CC(C)(C)O2. The van der Waals surface area contributed by atoms with E-state index in [2.05, 4.69) is 5.32 Å². The van der Waals surface area contributed by atoms with Gasteiger partial charge in [-0.25, -0.2) is 0 Å². The van der Waals surface area contributed by atoms with E-state index >= 15 is 0 Å². The lowest BCUT2D eigenvalue weighted by atomic mass is 9.88. The van der Waals surface area contributed by atoms with Crippen molar-refractivity contribution in [3.8, 4) is 5.75 Å². The molecule has 2 atom stereocenters. The van der Waals surface area contributed by atoms with Gasteiger partial charge in [-0.05, 0) is 51.3 Å². The van der Waals surface area contributed by atoms with Crippen molar-refractivity contribution in [3.05, 3.63) is 29.3 Å². The molecule has 0 radical (unpaired) electrons. The lowest BCUT2D eigenvalue weighted by Crippen LogP contribution is -2.41. The molecule has 1 aliphatic heterocycles. The molecule has 1 aromatic rings. The van der Waals surface area contributed by atoms with Crippen LogP contribution in [-0.4, -0.2) is 16.6 Å². The average molecular weight is 289 g/mol. The first-order valence-corrected chi connectivity index (χ1v) is 7.67. The van der Waals surface area contributed by atoms with Crippen molar-refractivity contribution in [2.45, 2.75) is 57.8 Å². The molecule has 3 rings (SSSR count). The van der Waals surface area contributed by atoms with Gasteiger partial charge < -0.3 is 15.2 Å². The zero-order valence-corrected chi connectivity index (χ0v) is 12.8. The van der Waals surface area contributed by atoms with Crippen LogP contribution in [0.2, 0.25) is 0 Å². The Balaban J connectivity index is 1.92. The summed E-state index contributed by atoms with van der Waals surface area (Å²) in [7, 11) is 0. The molecule has 0 spiro atoms. The predicted molar refractivity (Wildman–Crippen MR) is 80.0 cm³/mol. The van der Waals surface area contributed by atoms with E-state index in [0.717, 1.165) is 36.1 Å². The zero-order chi connectivity index (χ0) is 15.2. The highest BCUT2D eigenvalue weighted by atomic mass is 16.5. The highest BCUT2D eigenvalue weighted by Crippen LogP contribution is 2.41. The zero-order valence-electron chi connectivity index (χ0n) is 12.8. The van der Waals surface area contributed by atoms with Gasteiger partial charge in [-0.3, -0.25) is 4.79 Å². The van der Waals surface area contributed by atoms with Gasteiger partial charge in [0.15, 0.2) is 0 Å². The van der Waals surface area contributed by atoms with E-state index in [1.807, 2.05) is 32.0 Å². The third kappa shape index (κ3) is 3.05. The van der Waals surface area contributed by atoms with E-state index in [1.54, 1.807) is 6.92 Å². The number of rotatable bonds is 3. The molecule has 1 amide bonds. The summed E-state index contributed by atoms with van der Waals surface area (Å²) in [6.45, 7) is 5.82. The van der Waals surface area contributed by atoms with E-state index in [9.17, 15) is 9.90 Å². The normalized spacial score (nSPS) is 24.7. The van der Waals surface area contributed by atoms with E-state index in [1.165, 1.54) is 0 Å². The Morgan fingerprint density at radius 3 is 2.76 bits per heavy atom. The fourth-order valence-electron chi connectivity index (χ4n) is 2.90. The quantitative estimate of drug-likeness (QED) is 0.899. The highest BCUT2D eigenvalue weighted by molar-refractivity contribution is 5.81. The number of carbonyl (C=O) groups is 1. The lowest BCUT2D eigenvalue weighted by Gasteiger charge is -2.38. The Hall–Kier alpha value is -1.55. The summed E-state index contributed by atoms with van der Waals surface area (Å²) >= 11 is 0. The summed E-state index contributed by atoms with van der Waals surface area (Å²) in [6.07, 6.45) is 2.21. The smallest absolute Gasteiger partial charge is 0.223 e. The number of hydrogen-bond donors (Lipinski definition) is 2. The first kappa shape index (κ1) is 14.4. The molecule has 0 saturated heterocycles. The van der Waals surface area contributed by atoms with Gasteiger partial charge in [-0.2, -0.15) is 0 Å². The summed E-state index contributed by atoms with van der Waals surface area (Å²) in [6, 6.07) is 5.68. The van der Waals surface area contributed by atoms with Crippen LogP contribution in [0.3, 0.4) is 0 Å². The molecule has 21 heavy (non-hydrogen) atoms. The Morgan fingerprint density at radius 2 is 2.14 bits per heavy atom. The standard InChI is InChI=1S/C17H23NO3/c1-10(19)12-6-7-15-13(8-12)14(9-17(2,3)21-15)18-16(20)11-4-5-11/h6-8,10-11,14,19H,4-5,9H2,1-3H3,(H,18,20). The molecule has 114 valence electrons. The molecular formula is C17H23NO3. The molecule has 0 bridgehead atoms. The van der Waals surface area contributed by atoms with Crippen LogP contribution in [-0.2, 0) is 4.79 Å². The van der Waals surface area contributed by atoms with Crippen molar-refractivity contribution in [1.29, 1.82) is 0 Å². The average Bonchev–Trinajstić information content (AvgIpc) is 3.21. The molecule has 2 aliphatic rings. The molecule has 1 saturated carbocycles. The van der Waals surface area contributed by atoms with Gasteiger partial charge in [-0.15, -0.1) is 0 Å². The number of nitrogens with one attached hydrogen (secondary N) is 1. The van der Waals surface area contributed by atoms with Crippen molar-refractivity contribution in [3.63, 3.8) is 0 Å². The second-order valence-corrected chi connectivity index (χ2v) is 6.87. The molecule has 1 aromatic carbocycles. The van der Waals surface area contributed by atoms with Crippen molar-refractivity contribution in [2.75, 3.05) is 0 Å². The van der Waals surface area contributed by atoms with Crippen molar-refractivity contribution < 1.29 is 14.6 Å². The Bertz CT molecular complexity index is 561. The van der Waals surface area contributed by atoms with Crippen LogP contribution in [0, 0.1) is 5.92 Å². The second kappa shape index (κ2) is 5.02. The van der Waals surface area contributed by atoms with Crippen LogP contribution in [0.25, 0.3) is 0 Å². The van der Waals surface area contributed by atoms with Crippen LogP contribution in [0.1, 0.15) is 63.3 Å². The fourth-order valence-corrected chi connectivity index (χ4v) is 2.90. The number of fused-ring (bicyclic) bond motifs is 1. The van der Waals surface area contributed by atoms with E-state index in [-0.39, 0.29) is 23.5 Å². The third-order valence-corrected chi connectivity index (χ3v) is 4.24. The Morgan fingerprint density at radius 1 is 1.43 bits per heavy atom. The summed E-state index contributed by atoms with van der Waals surface area (Å²) < 4.78 is 6.01. The number of benzene rings is 1. The Kier molecular flexibility index (Phi) is 3.44. The molecule has 4 heteroatoms. The fraction of sp³-hybridized carbons (Fsp3) is 0.588. The van der Waals surface area contributed by atoms with Crippen LogP contribution in [0.4, 0.5) is 0 Å². The van der Waals surface area contributed by atoms with Crippen molar-refractivity contribution >= 4 is 5.91 Å². The van der Waals surface area contributed by atoms with Gasteiger partial charge in [0.2, 0.25) is 5.91 Å². The summed E-state index contributed by atoms with van der Waals surface area (Å²) in [4.78, 5) is 12.1. The minimum absolute atomic E-state index is 0.0458. The first-order chi connectivity index (χ1) is 9.85. The predicted octanol–water partition coefficient (Wildman–Crippen LogP) is 2.87. The highest BCUT2D eigenvalue weighted by Gasteiger charge is 2.37. The number of carbonyl (C=O) groups excluding carboxylic acids is 1. The second-order valence-electron chi connectivity index (χ2n) is 6.87. The van der Waals surface area contributed by atoms with E-state index < -0.39 is 6.10 Å². The third-order valence-electron chi connectivity index (χ3n) is 4.24. The van der Waals surface area contributed by atoms with Crippen LogP contribution >= 0.6 is 0 Å². The van der Waals surface area contributed by atoms with Crippen LogP contribution in [0.15, 0.2) is 18.2 Å². The Labute approximate surface area is 125 Å². The minimum Gasteiger partial charge on any atom is -0.487 e. The number of ether oxygens (including phenoxy) is 1. The molecule has 0 aromatic heterocycles. The maximum Gasteiger partial charge on any atom is 0.223 e. The monoisotopic (exact) mass is 289 g/mol. The van der Waals surface area contributed by atoms with Crippen molar-refractivity contribution in [2.24, 2.45) is 5.92 Å². The maximum absolute atomic E-state index is 12.1. The van der Waals surface area contributed by atoms with Gasteiger partial charge in [0.1, 0.15) is 11.4 Å². The van der Waals surface area contributed by atoms with Gasteiger partial charge in [0.05, 0.1) is 12.1 Å². The van der Waals surface area contributed by atoms with Gasteiger partial charge in [0.25, 0.3) is 0 Å². The summed E-state index contributed by atoms with van der Waals surface area (Å²) in [5.41, 5.74) is 1.52. The van der Waals surface area contributed by atoms with E-state index in [0.29, 0.717) is 0 Å². The molecule has 1 fully saturated rings. The van der Waals surface area contributed by atoms with Gasteiger partial charge in [-0.1, -0.05) is 6.07 Å². The van der Waals surface area contributed by atoms with Crippen LogP contribution in [0.5, 0.6) is 5.75 Å². The number of aliphatic hydroxyl groups is 1. The largest absolute Gasteiger partial charge is 0.487 e. The minimum atomic E-state index is -0.523. The van der Waals surface area contributed by atoms with Crippen molar-refractivity contribution in [1.82, 2.24) is 5.32 Å². The topological polar surface area (TPSA) is 58.6 Å². The number of aliphatic hydroxyl groups excluding tert-OH is 1. The first-order valence-electron chi connectivity index (χ1n) is 7.67. The number of amides is 1.